The van der Waals surface area contributed by atoms with E-state index in [1.54, 1.807) is 34.9 Å². The van der Waals surface area contributed by atoms with E-state index < -0.39 is 24.4 Å². The molecule has 4 aromatic carbocycles. The number of aromatic amines is 1. The van der Waals surface area contributed by atoms with Crippen LogP contribution in [0.2, 0.25) is 0 Å². The highest BCUT2D eigenvalue weighted by atomic mass is 19.1. The maximum atomic E-state index is 13.6. The van der Waals surface area contributed by atoms with Crippen molar-refractivity contribution >= 4 is 29.0 Å². The van der Waals surface area contributed by atoms with Crippen LogP contribution in [0.25, 0.3) is 39.6 Å². The average Bonchev–Trinajstić information content (AvgIpc) is 3.70. The minimum atomic E-state index is -1.10. The van der Waals surface area contributed by atoms with Gasteiger partial charge in [0.2, 0.25) is 0 Å². The summed E-state index contributed by atoms with van der Waals surface area (Å²) in [6, 6.07) is 24.8. The first-order valence-corrected chi connectivity index (χ1v) is 14.6. The number of carbonyl (C=O) groups excluding carboxylic acids is 1. The first kappa shape index (κ1) is 31.5. The summed E-state index contributed by atoms with van der Waals surface area (Å²) < 4.78 is 36.4. The van der Waals surface area contributed by atoms with Crippen LogP contribution in [-0.4, -0.2) is 57.1 Å². The molecule has 13 heteroatoms. The van der Waals surface area contributed by atoms with E-state index in [1.165, 1.54) is 19.3 Å². The van der Waals surface area contributed by atoms with Crippen LogP contribution in [0.3, 0.4) is 0 Å². The number of benzene rings is 4. The number of H-pyrrole nitrogens is 1. The minimum Gasteiger partial charge on any atom is -0.493 e. The molecular formula is C35H27FN4O8. The number of carboxylic acid groups (broad SMARTS) is 1. The molecule has 0 aliphatic carbocycles. The van der Waals surface area contributed by atoms with Gasteiger partial charge in [-0.15, -0.1) is 0 Å². The van der Waals surface area contributed by atoms with Gasteiger partial charge in [-0.25, -0.2) is 18.8 Å². The van der Waals surface area contributed by atoms with E-state index in [0.717, 1.165) is 22.8 Å². The highest BCUT2D eigenvalue weighted by Gasteiger charge is 2.22. The van der Waals surface area contributed by atoms with Crippen LogP contribution in [0.5, 0.6) is 17.5 Å². The minimum absolute atomic E-state index is 0.123. The zero-order chi connectivity index (χ0) is 33.6. The zero-order valence-electron chi connectivity index (χ0n) is 25.4. The van der Waals surface area contributed by atoms with Crippen LogP contribution in [-0.2, 0) is 11.3 Å². The number of alkyl halides is 1. The Kier molecular flexibility index (Phi) is 9.10. The number of aromatic nitrogens is 4. The van der Waals surface area contributed by atoms with Gasteiger partial charge in [0.15, 0.2) is 17.3 Å². The molecule has 0 fully saturated rings. The number of carboxylic acids is 1. The van der Waals surface area contributed by atoms with Crippen LogP contribution >= 0.6 is 0 Å². The lowest BCUT2D eigenvalue weighted by Gasteiger charge is -2.14. The van der Waals surface area contributed by atoms with E-state index in [1.807, 2.05) is 48.5 Å². The molecule has 0 radical (unpaired) electrons. The number of halogens is 1. The van der Waals surface area contributed by atoms with Crippen molar-refractivity contribution in [2.45, 2.75) is 6.54 Å². The van der Waals surface area contributed by atoms with Crippen molar-refractivity contribution in [2.24, 2.45) is 0 Å². The fraction of sp³-hybridized carbons (Fsp3) is 0.114. The predicted molar refractivity (Wildman–Crippen MR) is 173 cm³/mol. The monoisotopic (exact) mass is 650 g/mol. The molecule has 48 heavy (non-hydrogen) atoms. The third kappa shape index (κ3) is 6.70. The molecule has 0 aliphatic rings. The van der Waals surface area contributed by atoms with Crippen molar-refractivity contribution in [3.8, 4) is 40.0 Å². The van der Waals surface area contributed by atoms with Gasteiger partial charge in [-0.2, -0.15) is 15.1 Å². The summed E-state index contributed by atoms with van der Waals surface area (Å²) in [7, 11) is 1.40. The molecule has 0 spiro atoms. The molecule has 0 saturated carbocycles. The Bertz CT molecular complexity index is 2200. The molecule has 2 aromatic heterocycles. The Morgan fingerprint density at radius 3 is 2.48 bits per heavy atom. The number of hydrogen-bond acceptors (Lipinski definition) is 9. The largest absolute Gasteiger partial charge is 0.493 e. The number of methoxy groups -OCH3 is 1. The standard InChI is InChI=1S/C35H27FN4O8/c1-45-29-19-21(12-16-30(41)42)11-15-28(29)47-33(43)26-7-4-8-27-31(26)40(34(37-27)46-18-17-36)20-22-9-13-23(14-10-22)24-5-2-3-6-25(24)32-38-35(44)48-39-32/h2-16,19H,17-18,20H2,1H3,(H,41,42)(H,38,39,44). The van der Waals surface area contributed by atoms with Gasteiger partial charge in [-0.05, 0) is 52.6 Å². The van der Waals surface area contributed by atoms with Gasteiger partial charge in [0.1, 0.15) is 13.3 Å². The van der Waals surface area contributed by atoms with E-state index in [2.05, 4.69) is 15.1 Å². The van der Waals surface area contributed by atoms with Gasteiger partial charge in [-0.3, -0.25) is 4.57 Å². The number of para-hydroxylation sites is 1. The topological polar surface area (TPSA) is 159 Å². The van der Waals surface area contributed by atoms with E-state index in [4.69, 9.17) is 23.8 Å². The number of fused-ring (bicyclic) bond motifs is 1. The van der Waals surface area contributed by atoms with Crippen LogP contribution in [0.4, 0.5) is 4.39 Å². The Balaban J connectivity index is 1.33. The third-order valence-corrected chi connectivity index (χ3v) is 7.29. The average molecular weight is 651 g/mol. The summed E-state index contributed by atoms with van der Waals surface area (Å²) in [6.45, 7) is -0.752. The van der Waals surface area contributed by atoms with E-state index >= 15 is 0 Å². The molecule has 0 saturated heterocycles. The normalized spacial score (nSPS) is 11.2. The Hall–Kier alpha value is -6.50. The molecule has 0 bridgehead atoms. The number of imidazole rings is 1. The summed E-state index contributed by atoms with van der Waals surface area (Å²) in [5.41, 5.74) is 4.75. The molecule has 6 rings (SSSR count). The molecule has 242 valence electrons. The Morgan fingerprint density at radius 2 is 1.77 bits per heavy atom. The lowest BCUT2D eigenvalue weighted by atomic mass is 9.98. The van der Waals surface area contributed by atoms with Crippen molar-refractivity contribution in [1.82, 2.24) is 19.7 Å². The van der Waals surface area contributed by atoms with E-state index in [0.29, 0.717) is 28.0 Å². The number of rotatable bonds is 12. The first-order chi connectivity index (χ1) is 23.3. The maximum absolute atomic E-state index is 13.6. The van der Waals surface area contributed by atoms with E-state index in [9.17, 15) is 18.8 Å². The summed E-state index contributed by atoms with van der Waals surface area (Å²) in [4.78, 5) is 44.5. The second kappa shape index (κ2) is 13.9. The number of nitrogens with zero attached hydrogens (tertiary/aromatic N) is 3. The molecule has 0 aliphatic heterocycles. The van der Waals surface area contributed by atoms with Gasteiger partial charge in [0.05, 0.1) is 30.3 Å². The van der Waals surface area contributed by atoms with Gasteiger partial charge >= 0.3 is 17.7 Å². The van der Waals surface area contributed by atoms with Crippen LogP contribution < -0.4 is 20.0 Å². The van der Waals surface area contributed by atoms with Crippen molar-refractivity contribution in [3.63, 3.8) is 0 Å². The van der Waals surface area contributed by atoms with Gasteiger partial charge in [0, 0.05) is 11.6 Å². The fourth-order valence-corrected chi connectivity index (χ4v) is 5.17. The quantitative estimate of drug-likeness (QED) is 0.0946. The van der Waals surface area contributed by atoms with Crippen molar-refractivity contribution in [3.05, 3.63) is 118 Å². The zero-order valence-corrected chi connectivity index (χ0v) is 25.4. The summed E-state index contributed by atoms with van der Waals surface area (Å²) in [5.74, 6) is -1.88. The summed E-state index contributed by atoms with van der Waals surface area (Å²) in [5, 5.41) is 11.5. The highest BCUT2D eigenvalue weighted by molar-refractivity contribution is 6.03. The second-order valence-electron chi connectivity index (χ2n) is 10.3. The van der Waals surface area contributed by atoms with Gasteiger partial charge in [-0.1, -0.05) is 60.7 Å². The van der Waals surface area contributed by atoms with E-state index in [-0.39, 0.29) is 36.2 Å². The third-order valence-electron chi connectivity index (χ3n) is 7.29. The molecule has 2 heterocycles. The first-order valence-electron chi connectivity index (χ1n) is 14.6. The smallest absolute Gasteiger partial charge is 0.460 e. The van der Waals surface area contributed by atoms with Gasteiger partial charge < -0.3 is 23.8 Å². The number of nitrogens with one attached hydrogen (secondary N) is 1. The SMILES string of the molecule is COc1cc(C=CC(=O)O)ccc1OC(=O)c1cccc2nc(OCCF)n(Cc3ccc(-c4ccccc4-c4nc(=O)o[nH]4)cc3)c12. The molecule has 2 N–H and O–H groups in total. The molecule has 6 aromatic rings. The van der Waals surface area contributed by atoms with Crippen LogP contribution in [0, 0.1) is 0 Å². The number of carbonyl (C=O) groups is 2. The molecular weight excluding hydrogens is 623 g/mol. The number of esters is 1. The summed E-state index contributed by atoms with van der Waals surface area (Å²) >= 11 is 0. The number of hydrogen-bond donors (Lipinski definition) is 2. The summed E-state index contributed by atoms with van der Waals surface area (Å²) in [6.07, 6.45) is 2.37. The molecule has 0 amide bonds. The van der Waals surface area contributed by atoms with Gasteiger partial charge in [0.25, 0.3) is 6.01 Å². The lowest BCUT2D eigenvalue weighted by molar-refractivity contribution is -0.131. The van der Waals surface area contributed by atoms with Crippen molar-refractivity contribution < 1.29 is 37.8 Å². The van der Waals surface area contributed by atoms with Crippen LogP contribution in [0.1, 0.15) is 21.5 Å². The Morgan fingerprint density at radius 1 is 0.979 bits per heavy atom. The number of aliphatic carboxylic acids is 1. The molecule has 0 atom stereocenters. The maximum Gasteiger partial charge on any atom is 0.460 e. The second-order valence-corrected chi connectivity index (χ2v) is 10.3. The van der Waals surface area contributed by atoms with Crippen LogP contribution in [0.15, 0.2) is 100 Å². The fourth-order valence-electron chi connectivity index (χ4n) is 5.17. The predicted octanol–water partition coefficient (Wildman–Crippen LogP) is 5.77. The van der Waals surface area contributed by atoms with Crippen molar-refractivity contribution in [2.75, 3.05) is 20.4 Å². The van der Waals surface area contributed by atoms with Crippen molar-refractivity contribution in [1.29, 1.82) is 0 Å². The highest BCUT2D eigenvalue weighted by Crippen LogP contribution is 2.33. The molecule has 12 nitrogen and oxygen atoms in total. The lowest BCUT2D eigenvalue weighted by Crippen LogP contribution is -2.13. The molecule has 0 unspecified atom stereocenters. The Labute approximate surface area is 271 Å². The number of ether oxygens (including phenoxy) is 3.